The van der Waals surface area contributed by atoms with Gasteiger partial charge in [0.05, 0.1) is 11.4 Å². The minimum absolute atomic E-state index is 0.0748. The molecule has 0 aromatic heterocycles. The maximum absolute atomic E-state index is 11.8. The average molecular weight is 272 g/mol. The van der Waals surface area contributed by atoms with E-state index >= 15 is 0 Å². The van der Waals surface area contributed by atoms with Crippen molar-refractivity contribution in [3.63, 3.8) is 0 Å². The molecule has 0 aliphatic rings. The van der Waals surface area contributed by atoms with E-state index in [-0.39, 0.29) is 17.3 Å². The molecule has 18 heavy (non-hydrogen) atoms. The van der Waals surface area contributed by atoms with Crippen LogP contribution in [-0.2, 0) is 14.8 Å². The van der Waals surface area contributed by atoms with Gasteiger partial charge in [0.2, 0.25) is 15.9 Å². The van der Waals surface area contributed by atoms with Crippen LogP contribution in [0.5, 0.6) is 0 Å². The number of hydrazine groups is 1. The molecular weight excluding hydrogens is 256 g/mol. The lowest BCUT2D eigenvalue weighted by molar-refractivity contribution is -0.119. The maximum Gasteiger partial charge on any atom is 0.241 e. The van der Waals surface area contributed by atoms with Gasteiger partial charge in [-0.3, -0.25) is 10.6 Å². The first-order chi connectivity index (χ1) is 8.49. The van der Waals surface area contributed by atoms with Crippen LogP contribution in [0.2, 0.25) is 0 Å². The lowest BCUT2D eigenvalue weighted by Gasteiger charge is -2.07. The molecule has 0 aliphatic carbocycles. The minimum atomic E-state index is -3.68. The number of benzene rings is 1. The number of hydrogen-bond acceptors (Lipinski definition) is 5. The Hall–Kier alpha value is -1.64. The van der Waals surface area contributed by atoms with Gasteiger partial charge in [-0.15, -0.1) is 0 Å². The van der Waals surface area contributed by atoms with Gasteiger partial charge in [0.1, 0.15) is 0 Å². The molecule has 0 radical (unpaired) electrons. The minimum Gasteiger partial charge on any atom is -0.355 e. The Morgan fingerprint density at radius 2 is 1.89 bits per heavy atom. The standard InChI is InChI=1S/C10H16N4O3S/c1-2-12-10(15)7-13-18(16,17)9-5-3-8(14-11)4-6-9/h3-6,13-14H,2,7,11H2,1H3,(H,12,15). The summed E-state index contributed by atoms with van der Waals surface area (Å²) >= 11 is 0. The Kier molecular flexibility index (Phi) is 5.08. The van der Waals surface area contributed by atoms with Gasteiger partial charge < -0.3 is 10.7 Å². The topological polar surface area (TPSA) is 113 Å². The predicted octanol–water partition coefficient (Wildman–Crippen LogP) is -0.613. The molecule has 1 amide bonds. The number of anilines is 1. The number of carbonyl (C=O) groups is 1. The Balaban J connectivity index is 2.70. The van der Waals surface area contributed by atoms with Crippen molar-refractivity contribution in [2.24, 2.45) is 5.84 Å². The van der Waals surface area contributed by atoms with Crippen LogP contribution in [0.4, 0.5) is 5.69 Å². The lowest BCUT2D eigenvalue weighted by Crippen LogP contribution is -2.36. The number of amides is 1. The van der Waals surface area contributed by atoms with E-state index in [1.807, 2.05) is 0 Å². The van der Waals surface area contributed by atoms with Gasteiger partial charge in [-0.05, 0) is 31.2 Å². The van der Waals surface area contributed by atoms with E-state index < -0.39 is 10.0 Å². The van der Waals surface area contributed by atoms with Crippen molar-refractivity contribution in [2.75, 3.05) is 18.5 Å². The van der Waals surface area contributed by atoms with E-state index in [4.69, 9.17) is 5.84 Å². The molecule has 7 nitrogen and oxygen atoms in total. The molecule has 0 unspecified atom stereocenters. The van der Waals surface area contributed by atoms with Crippen molar-refractivity contribution >= 4 is 21.6 Å². The first-order valence-electron chi connectivity index (χ1n) is 5.32. The number of likely N-dealkylation sites (N-methyl/N-ethyl adjacent to an activating group) is 1. The molecule has 0 fully saturated rings. The number of hydrogen-bond donors (Lipinski definition) is 4. The second kappa shape index (κ2) is 6.34. The zero-order valence-electron chi connectivity index (χ0n) is 9.93. The second-order valence-corrected chi connectivity index (χ2v) is 5.21. The molecule has 1 rings (SSSR count). The number of sulfonamides is 1. The Bertz CT molecular complexity index is 498. The molecule has 0 bridgehead atoms. The van der Waals surface area contributed by atoms with Crippen molar-refractivity contribution in [3.8, 4) is 0 Å². The normalized spacial score (nSPS) is 11.0. The van der Waals surface area contributed by atoms with Gasteiger partial charge >= 0.3 is 0 Å². The number of rotatable bonds is 6. The molecule has 100 valence electrons. The summed E-state index contributed by atoms with van der Waals surface area (Å²) in [6.45, 7) is 1.93. The van der Waals surface area contributed by atoms with E-state index in [0.717, 1.165) is 0 Å². The van der Waals surface area contributed by atoms with E-state index in [9.17, 15) is 13.2 Å². The number of nitrogens with one attached hydrogen (secondary N) is 3. The van der Waals surface area contributed by atoms with Gasteiger partial charge in [-0.1, -0.05) is 0 Å². The van der Waals surface area contributed by atoms with Gasteiger partial charge in [-0.25, -0.2) is 13.1 Å². The molecular formula is C10H16N4O3S. The number of nitrogens with two attached hydrogens (primary N) is 1. The monoisotopic (exact) mass is 272 g/mol. The first kappa shape index (κ1) is 14.4. The molecule has 0 saturated carbocycles. The van der Waals surface area contributed by atoms with Crippen LogP contribution in [0.15, 0.2) is 29.2 Å². The molecule has 0 aliphatic heterocycles. The smallest absolute Gasteiger partial charge is 0.241 e. The summed E-state index contributed by atoms with van der Waals surface area (Å²) in [7, 11) is -3.68. The third-order valence-electron chi connectivity index (χ3n) is 2.13. The van der Waals surface area contributed by atoms with E-state index in [0.29, 0.717) is 12.2 Å². The molecule has 8 heteroatoms. The highest BCUT2D eigenvalue weighted by atomic mass is 32.2. The van der Waals surface area contributed by atoms with Crippen LogP contribution in [0.1, 0.15) is 6.92 Å². The fourth-order valence-electron chi connectivity index (χ4n) is 1.23. The second-order valence-electron chi connectivity index (χ2n) is 3.45. The molecule has 0 saturated heterocycles. The summed E-state index contributed by atoms with van der Waals surface area (Å²) in [6, 6.07) is 5.85. The van der Waals surface area contributed by atoms with Crippen LogP contribution >= 0.6 is 0 Å². The SMILES string of the molecule is CCNC(=O)CNS(=O)(=O)c1ccc(NN)cc1. The van der Waals surface area contributed by atoms with Crippen LogP contribution in [0, 0.1) is 0 Å². The fraction of sp³-hybridized carbons (Fsp3) is 0.300. The molecule has 1 aromatic carbocycles. The zero-order chi connectivity index (χ0) is 13.6. The van der Waals surface area contributed by atoms with Gasteiger partial charge in [0, 0.05) is 12.2 Å². The molecule has 5 N–H and O–H groups in total. The van der Waals surface area contributed by atoms with Gasteiger partial charge in [0.25, 0.3) is 0 Å². The zero-order valence-corrected chi connectivity index (χ0v) is 10.8. The summed E-state index contributed by atoms with van der Waals surface area (Å²) < 4.78 is 25.8. The van der Waals surface area contributed by atoms with Crippen molar-refractivity contribution < 1.29 is 13.2 Å². The third kappa shape index (κ3) is 3.99. The predicted molar refractivity (Wildman–Crippen MR) is 68.1 cm³/mol. The van der Waals surface area contributed by atoms with Crippen LogP contribution < -0.4 is 21.3 Å². The van der Waals surface area contributed by atoms with Crippen LogP contribution in [-0.4, -0.2) is 27.4 Å². The highest BCUT2D eigenvalue weighted by Gasteiger charge is 2.14. The Morgan fingerprint density at radius 3 is 2.39 bits per heavy atom. The summed E-state index contributed by atoms with van der Waals surface area (Å²) in [5, 5.41) is 2.50. The highest BCUT2D eigenvalue weighted by molar-refractivity contribution is 7.89. The highest BCUT2D eigenvalue weighted by Crippen LogP contribution is 2.12. The van der Waals surface area contributed by atoms with Crippen molar-refractivity contribution in [3.05, 3.63) is 24.3 Å². The summed E-state index contributed by atoms with van der Waals surface area (Å²) in [4.78, 5) is 11.2. The lowest BCUT2D eigenvalue weighted by atomic mass is 10.3. The van der Waals surface area contributed by atoms with Crippen molar-refractivity contribution in [2.45, 2.75) is 11.8 Å². The number of nitrogen functional groups attached to an aromatic ring is 1. The molecule has 1 aromatic rings. The van der Waals surface area contributed by atoms with Crippen LogP contribution in [0.3, 0.4) is 0 Å². The summed E-state index contributed by atoms with van der Waals surface area (Å²) in [5.41, 5.74) is 2.99. The largest absolute Gasteiger partial charge is 0.355 e. The maximum atomic E-state index is 11.8. The van der Waals surface area contributed by atoms with Gasteiger partial charge in [0.15, 0.2) is 0 Å². The van der Waals surface area contributed by atoms with Crippen molar-refractivity contribution in [1.29, 1.82) is 0 Å². The molecule has 0 spiro atoms. The van der Waals surface area contributed by atoms with E-state index in [1.54, 1.807) is 6.92 Å². The van der Waals surface area contributed by atoms with E-state index in [1.165, 1.54) is 24.3 Å². The van der Waals surface area contributed by atoms with Crippen molar-refractivity contribution in [1.82, 2.24) is 10.0 Å². The van der Waals surface area contributed by atoms with Crippen LogP contribution in [0.25, 0.3) is 0 Å². The third-order valence-corrected chi connectivity index (χ3v) is 3.55. The average Bonchev–Trinajstić information content (AvgIpc) is 2.37. The summed E-state index contributed by atoms with van der Waals surface area (Å²) in [5.74, 6) is 4.80. The fourth-order valence-corrected chi connectivity index (χ4v) is 2.22. The summed E-state index contributed by atoms with van der Waals surface area (Å²) in [6.07, 6.45) is 0. The number of carbonyl (C=O) groups excluding carboxylic acids is 1. The molecule has 0 atom stereocenters. The molecule has 0 heterocycles. The Labute approximate surface area is 106 Å². The van der Waals surface area contributed by atoms with Gasteiger partial charge in [-0.2, -0.15) is 0 Å². The quantitative estimate of drug-likeness (QED) is 0.407. The van der Waals surface area contributed by atoms with E-state index in [2.05, 4.69) is 15.5 Å². The Morgan fingerprint density at radius 1 is 1.28 bits per heavy atom. The first-order valence-corrected chi connectivity index (χ1v) is 6.81.